The first kappa shape index (κ1) is 16.0. The van der Waals surface area contributed by atoms with E-state index in [0.717, 1.165) is 22.4 Å². The molecule has 0 bridgehead atoms. The molecule has 0 aliphatic rings. The van der Waals surface area contributed by atoms with E-state index in [4.69, 9.17) is 4.74 Å². The van der Waals surface area contributed by atoms with Crippen molar-refractivity contribution in [3.63, 3.8) is 0 Å². The van der Waals surface area contributed by atoms with Crippen molar-refractivity contribution in [2.75, 3.05) is 12.4 Å². The summed E-state index contributed by atoms with van der Waals surface area (Å²) in [7, 11) is 1.59. The van der Waals surface area contributed by atoms with Gasteiger partial charge in [-0.1, -0.05) is 6.07 Å². The van der Waals surface area contributed by atoms with Gasteiger partial charge in [0, 0.05) is 6.07 Å². The molecule has 0 radical (unpaired) electrons. The third kappa shape index (κ3) is 2.83. The van der Waals surface area contributed by atoms with E-state index in [-0.39, 0.29) is 0 Å². The molecule has 3 aromatic heterocycles. The smallest absolute Gasteiger partial charge is 0.213 e. The third-order valence-corrected chi connectivity index (χ3v) is 4.31. The highest BCUT2D eigenvalue weighted by atomic mass is 16.5. The predicted octanol–water partition coefficient (Wildman–Crippen LogP) is 3.58. The summed E-state index contributed by atoms with van der Waals surface area (Å²) in [4.78, 5) is 13.0. The van der Waals surface area contributed by atoms with Crippen molar-refractivity contribution in [2.24, 2.45) is 0 Å². The van der Waals surface area contributed by atoms with E-state index in [1.807, 2.05) is 16.8 Å². The van der Waals surface area contributed by atoms with Crippen molar-refractivity contribution in [3.8, 4) is 11.6 Å². The Bertz CT molecular complexity index is 1070. The maximum Gasteiger partial charge on any atom is 0.213 e. The molecule has 130 valence electrons. The average Bonchev–Trinajstić information content (AvgIpc) is 3.10. The molecule has 0 aliphatic heterocycles. The van der Waals surface area contributed by atoms with Crippen molar-refractivity contribution in [1.82, 2.24) is 24.7 Å². The molecule has 4 aromatic rings. The highest BCUT2D eigenvalue weighted by molar-refractivity contribution is 5.89. The highest BCUT2D eigenvalue weighted by Gasteiger charge is 2.12. The van der Waals surface area contributed by atoms with Crippen LogP contribution in [0, 0.1) is 13.8 Å². The fraction of sp³-hybridized carbons (Fsp3) is 0.158. The van der Waals surface area contributed by atoms with E-state index in [2.05, 4.69) is 51.3 Å². The Morgan fingerprint density at radius 3 is 2.58 bits per heavy atom. The first-order valence-electron chi connectivity index (χ1n) is 8.19. The van der Waals surface area contributed by atoms with Crippen LogP contribution in [0.4, 0.5) is 11.5 Å². The number of aryl methyl sites for hydroxylation is 2. The Hall–Kier alpha value is -3.48. The number of methoxy groups -OCH3 is 1. The number of hydrogen-bond acceptors (Lipinski definition) is 6. The zero-order chi connectivity index (χ0) is 18.1. The molecule has 26 heavy (non-hydrogen) atoms. The second-order valence-electron chi connectivity index (χ2n) is 6.00. The van der Waals surface area contributed by atoms with Gasteiger partial charge in [0.05, 0.1) is 36.3 Å². The average molecular weight is 346 g/mol. The maximum absolute atomic E-state index is 5.08. The Kier molecular flexibility index (Phi) is 3.96. The van der Waals surface area contributed by atoms with Gasteiger partial charge in [0.2, 0.25) is 5.88 Å². The lowest BCUT2D eigenvalue weighted by atomic mass is 10.1. The Balaban J connectivity index is 1.73. The fourth-order valence-electron chi connectivity index (χ4n) is 2.70. The molecule has 4 rings (SSSR count). The fourth-order valence-corrected chi connectivity index (χ4v) is 2.70. The molecular weight excluding hydrogens is 328 g/mol. The van der Waals surface area contributed by atoms with Gasteiger partial charge in [0.1, 0.15) is 12.1 Å². The number of nitrogens with zero attached hydrogens (tertiary/aromatic N) is 5. The van der Waals surface area contributed by atoms with E-state index >= 15 is 0 Å². The summed E-state index contributed by atoms with van der Waals surface area (Å²) in [6, 6.07) is 9.90. The van der Waals surface area contributed by atoms with Gasteiger partial charge in [-0.3, -0.25) is 0 Å². The first-order valence-corrected chi connectivity index (χ1v) is 8.19. The lowest BCUT2D eigenvalue weighted by molar-refractivity contribution is 0.398. The van der Waals surface area contributed by atoms with Gasteiger partial charge in [-0.2, -0.15) is 5.10 Å². The van der Waals surface area contributed by atoms with E-state index < -0.39 is 0 Å². The zero-order valence-corrected chi connectivity index (χ0v) is 14.8. The van der Waals surface area contributed by atoms with E-state index in [0.29, 0.717) is 11.7 Å². The minimum Gasteiger partial charge on any atom is -0.481 e. The summed E-state index contributed by atoms with van der Waals surface area (Å²) in [5.74, 6) is 1.24. The van der Waals surface area contributed by atoms with Crippen LogP contribution < -0.4 is 10.1 Å². The number of ether oxygens (including phenoxy) is 1. The number of pyridine rings is 1. The van der Waals surface area contributed by atoms with Crippen LogP contribution in [0.25, 0.3) is 16.7 Å². The summed E-state index contributed by atoms with van der Waals surface area (Å²) in [6.07, 6.45) is 4.99. The summed E-state index contributed by atoms with van der Waals surface area (Å²) in [5, 5.41) is 8.60. The summed E-state index contributed by atoms with van der Waals surface area (Å²) in [5.41, 5.74) is 4.98. The monoisotopic (exact) mass is 346 g/mol. The molecule has 0 aliphatic carbocycles. The van der Waals surface area contributed by atoms with Crippen LogP contribution in [0.5, 0.6) is 5.88 Å². The number of aromatic nitrogens is 5. The molecule has 0 saturated heterocycles. The van der Waals surface area contributed by atoms with Gasteiger partial charge in [-0.15, -0.1) is 0 Å². The molecular formula is C19H18N6O. The van der Waals surface area contributed by atoms with Gasteiger partial charge in [-0.25, -0.2) is 19.6 Å². The predicted molar refractivity (Wildman–Crippen MR) is 100 cm³/mol. The van der Waals surface area contributed by atoms with E-state index in [1.165, 1.54) is 17.5 Å². The number of hydrogen-bond donors (Lipinski definition) is 1. The van der Waals surface area contributed by atoms with Crippen LogP contribution in [0.15, 0.2) is 49.1 Å². The van der Waals surface area contributed by atoms with Crippen LogP contribution in [-0.2, 0) is 0 Å². The molecule has 1 aromatic carbocycles. The Morgan fingerprint density at radius 1 is 0.962 bits per heavy atom. The zero-order valence-electron chi connectivity index (χ0n) is 14.8. The molecule has 0 unspecified atom stereocenters. The summed E-state index contributed by atoms with van der Waals surface area (Å²) >= 11 is 0. The van der Waals surface area contributed by atoms with Crippen molar-refractivity contribution in [1.29, 1.82) is 0 Å². The number of nitrogens with one attached hydrogen (secondary N) is 1. The van der Waals surface area contributed by atoms with Crippen molar-refractivity contribution in [3.05, 3.63) is 60.2 Å². The van der Waals surface area contributed by atoms with Crippen LogP contribution in [0.2, 0.25) is 0 Å². The van der Waals surface area contributed by atoms with Crippen LogP contribution in [0.1, 0.15) is 11.1 Å². The Labute approximate surface area is 150 Å². The van der Waals surface area contributed by atoms with Crippen molar-refractivity contribution >= 4 is 22.5 Å². The lowest BCUT2D eigenvalue weighted by Crippen LogP contribution is -2.00. The molecule has 7 nitrogen and oxygen atoms in total. The lowest BCUT2D eigenvalue weighted by Gasteiger charge is -2.08. The van der Waals surface area contributed by atoms with Gasteiger partial charge < -0.3 is 10.1 Å². The quantitative estimate of drug-likeness (QED) is 0.608. The molecule has 0 spiro atoms. The summed E-state index contributed by atoms with van der Waals surface area (Å²) < 4.78 is 6.90. The van der Waals surface area contributed by atoms with Crippen molar-refractivity contribution < 1.29 is 4.74 Å². The van der Waals surface area contributed by atoms with Crippen LogP contribution >= 0.6 is 0 Å². The normalized spacial score (nSPS) is 10.9. The molecule has 7 heteroatoms. The van der Waals surface area contributed by atoms with Gasteiger partial charge >= 0.3 is 0 Å². The standard InChI is InChI=1S/C19H18N6O/c1-12-4-6-15(8-13(12)2)25-19-16(10-23-25)18(21-11-22-19)24-14-5-7-17(26-3)20-9-14/h4-11H,1-3H3,(H,21,22,24). The van der Waals surface area contributed by atoms with Crippen LogP contribution in [0.3, 0.4) is 0 Å². The number of anilines is 2. The van der Waals surface area contributed by atoms with Gasteiger partial charge in [-0.05, 0) is 43.2 Å². The molecule has 0 saturated carbocycles. The van der Waals surface area contributed by atoms with Crippen LogP contribution in [-0.4, -0.2) is 31.8 Å². The Morgan fingerprint density at radius 2 is 1.85 bits per heavy atom. The minimum absolute atomic E-state index is 0.561. The number of rotatable bonds is 4. The molecule has 3 heterocycles. The second-order valence-corrected chi connectivity index (χ2v) is 6.00. The minimum atomic E-state index is 0.561. The molecule has 0 atom stereocenters. The molecule has 1 N–H and O–H groups in total. The van der Waals surface area contributed by atoms with Gasteiger partial charge in [0.25, 0.3) is 0 Å². The largest absolute Gasteiger partial charge is 0.481 e. The van der Waals surface area contributed by atoms with E-state index in [9.17, 15) is 0 Å². The SMILES string of the molecule is COc1ccc(Nc2ncnc3c2cnn3-c2ccc(C)c(C)c2)cn1. The first-order chi connectivity index (χ1) is 12.7. The number of benzene rings is 1. The van der Waals surface area contributed by atoms with Gasteiger partial charge in [0.15, 0.2) is 5.65 Å². The number of fused-ring (bicyclic) bond motifs is 1. The highest BCUT2D eigenvalue weighted by Crippen LogP contribution is 2.25. The molecule has 0 amide bonds. The summed E-state index contributed by atoms with van der Waals surface area (Å²) in [6.45, 7) is 4.18. The van der Waals surface area contributed by atoms with E-state index in [1.54, 1.807) is 25.6 Å². The maximum atomic E-state index is 5.08. The molecule has 0 fully saturated rings. The topological polar surface area (TPSA) is 77.8 Å². The third-order valence-electron chi connectivity index (χ3n) is 4.31. The van der Waals surface area contributed by atoms with Crippen molar-refractivity contribution in [2.45, 2.75) is 13.8 Å². The second kappa shape index (κ2) is 6.44.